The monoisotopic (exact) mass is 216 g/mol. The molecule has 0 bridgehead atoms. The summed E-state index contributed by atoms with van der Waals surface area (Å²) in [5.41, 5.74) is 0.370. The molecule has 0 aromatic carbocycles. The van der Waals surface area contributed by atoms with Gasteiger partial charge in [0.05, 0.1) is 11.6 Å². The highest BCUT2D eigenvalue weighted by molar-refractivity contribution is 6.16. The lowest BCUT2D eigenvalue weighted by molar-refractivity contribution is 0.0697. The molecule has 1 heterocycles. The molecule has 0 aliphatic rings. The van der Waals surface area contributed by atoms with Crippen LogP contribution in [0.3, 0.4) is 0 Å². The highest BCUT2D eigenvalue weighted by atomic mass is 35.5. The van der Waals surface area contributed by atoms with Crippen LogP contribution in [-0.2, 0) is 10.6 Å². The molecule has 1 atom stereocenters. The zero-order valence-corrected chi connectivity index (χ0v) is 8.97. The summed E-state index contributed by atoms with van der Waals surface area (Å²) < 4.78 is 5.31. The zero-order chi connectivity index (χ0) is 10.6. The van der Waals surface area contributed by atoms with Crippen LogP contribution in [0.2, 0.25) is 0 Å². The summed E-state index contributed by atoms with van der Waals surface area (Å²) in [5, 5.41) is 0. The molecule has 1 N–H and O–H groups in total. The van der Waals surface area contributed by atoms with E-state index in [1.807, 2.05) is 13.8 Å². The standard InChI is InChI=1S/C9H13ClN2O2/c1-3-14-6(2)9-11-7(5-10)4-8(13)12-9/h4,6H,3,5H2,1-2H3,(H,11,12,13). The van der Waals surface area contributed by atoms with E-state index < -0.39 is 0 Å². The summed E-state index contributed by atoms with van der Waals surface area (Å²) in [5.74, 6) is 0.755. The molecule has 1 aromatic heterocycles. The minimum absolute atomic E-state index is 0.197. The van der Waals surface area contributed by atoms with Gasteiger partial charge in [0, 0.05) is 12.7 Å². The van der Waals surface area contributed by atoms with Crippen molar-refractivity contribution in [1.82, 2.24) is 9.97 Å². The molecular weight excluding hydrogens is 204 g/mol. The second kappa shape index (κ2) is 5.12. The van der Waals surface area contributed by atoms with Crippen LogP contribution in [0.25, 0.3) is 0 Å². The van der Waals surface area contributed by atoms with Gasteiger partial charge in [-0.25, -0.2) is 4.98 Å². The molecule has 1 aromatic rings. The van der Waals surface area contributed by atoms with Crippen molar-refractivity contribution in [3.05, 3.63) is 27.9 Å². The Balaban J connectivity index is 2.96. The minimum Gasteiger partial charge on any atom is -0.371 e. The number of hydrogen-bond donors (Lipinski definition) is 1. The molecule has 0 spiro atoms. The number of H-pyrrole nitrogens is 1. The summed E-state index contributed by atoms with van der Waals surface area (Å²) in [6.07, 6.45) is -0.212. The van der Waals surface area contributed by atoms with Crippen LogP contribution < -0.4 is 5.56 Å². The number of hydrogen-bond acceptors (Lipinski definition) is 3. The first-order valence-electron chi connectivity index (χ1n) is 4.45. The fourth-order valence-electron chi connectivity index (χ4n) is 1.12. The Kier molecular flexibility index (Phi) is 4.10. The maximum atomic E-state index is 11.2. The first-order chi connectivity index (χ1) is 6.67. The van der Waals surface area contributed by atoms with E-state index in [1.165, 1.54) is 6.07 Å². The van der Waals surface area contributed by atoms with E-state index in [2.05, 4.69) is 9.97 Å². The Labute approximate surface area is 87.3 Å². The number of halogens is 1. The second-order valence-corrected chi connectivity index (χ2v) is 3.12. The van der Waals surface area contributed by atoms with E-state index >= 15 is 0 Å². The van der Waals surface area contributed by atoms with E-state index in [4.69, 9.17) is 16.3 Å². The smallest absolute Gasteiger partial charge is 0.251 e. The number of alkyl halides is 1. The van der Waals surface area contributed by atoms with Gasteiger partial charge in [0.1, 0.15) is 11.9 Å². The molecule has 78 valence electrons. The van der Waals surface area contributed by atoms with Crippen molar-refractivity contribution < 1.29 is 4.74 Å². The predicted molar refractivity (Wildman–Crippen MR) is 54.5 cm³/mol. The molecule has 0 radical (unpaired) electrons. The van der Waals surface area contributed by atoms with Gasteiger partial charge < -0.3 is 9.72 Å². The van der Waals surface area contributed by atoms with Gasteiger partial charge in [-0.05, 0) is 13.8 Å². The zero-order valence-electron chi connectivity index (χ0n) is 8.21. The molecule has 0 saturated heterocycles. The van der Waals surface area contributed by atoms with Gasteiger partial charge in [-0.3, -0.25) is 4.79 Å². The fourth-order valence-corrected chi connectivity index (χ4v) is 1.26. The first kappa shape index (κ1) is 11.2. The second-order valence-electron chi connectivity index (χ2n) is 2.85. The molecule has 14 heavy (non-hydrogen) atoms. The third kappa shape index (κ3) is 2.82. The fraction of sp³-hybridized carbons (Fsp3) is 0.556. The molecule has 0 aliphatic heterocycles. The minimum atomic E-state index is -0.212. The summed E-state index contributed by atoms with van der Waals surface area (Å²) in [6.45, 7) is 4.30. The van der Waals surface area contributed by atoms with Gasteiger partial charge in [-0.15, -0.1) is 11.6 Å². The maximum absolute atomic E-state index is 11.2. The summed E-state index contributed by atoms with van der Waals surface area (Å²) in [6, 6.07) is 1.38. The van der Waals surface area contributed by atoms with Crippen molar-refractivity contribution in [3.63, 3.8) is 0 Å². The topological polar surface area (TPSA) is 55.0 Å². The van der Waals surface area contributed by atoms with Crippen LogP contribution in [0.15, 0.2) is 10.9 Å². The highest BCUT2D eigenvalue weighted by Gasteiger charge is 2.08. The van der Waals surface area contributed by atoms with E-state index in [9.17, 15) is 4.79 Å². The highest BCUT2D eigenvalue weighted by Crippen LogP contribution is 2.10. The van der Waals surface area contributed by atoms with Crippen LogP contribution in [0.5, 0.6) is 0 Å². The lowest BCUT2D eigenvalue weighted by Crippen LogP contribution is -2.15. The van der Waals surface area contributed by atoms with Gasteiger partial charge >= 0.3 is 0 Å². The average molecular weight is 217 g/mol. The summed E-state index contributed by atoms with van der Waals surface area (Å²) in [7, 11) is 0. The van der Waals surface area contributed by atoms with Gasteiger partial charge in [0.25, 0.3) is 5.56 Å². The van der Waals surface area contributed by atoms with Gasteiger partial charge in [-0.1, -0.05) is 0 Å². The van der Waals surface area contributed by atoms with Crippen LogP contribution in [0.1, 0.15) is 31.5 Å². The van der Waals surface area contributed by atoms with Crippen LogP contribution in [-0.4, -0.2) is 16.6 Å². The van der Waals surface area contributed by atoms with Crippen LogP contribution >= 0.6 is 11.6 Å². The predicted octanol–water partition coefficient (Wildman–Crippen LogP) is 1.61. The molecule has 0 fully saturated rings. The first-order valence-corrected chi connectivity index (χ1v) is 4.98. The Bertz CT molecular complexity index is 351. The van der Waals surface area contributed by atoms with E-state index in [-0.39, 0.29) is 17.5 Å². The van der Waals surface area contributed by atoms with Gasteiger partial charge in [0.15, 0.2) is 0 Å². The van der Waals surface area contributed by atoms with Gasteiger partial charge in [-0.2, -0.15) is 0 Å². The number of ether oxygens (including phenoxy) is 1. The Morgan fingerprint density at radius 3 is 3.00 bits per heavy atom. The lowest BCUT2D eigenvalue weighted by Gasteiger charge is -2.10. The molecule has 0 aliphatic carbocycles. The van der Waals surface area contributed by atoms with Crippen LogP contribution in [0, 0.1) is 0 Å². The molecule has 0 saturated carbocycles. The Morgan fingerprint density at radius 2 is 2.43 bits per heavy atom. The third-order valence-corrected chi connectivity index (χ3v) is 2.03. The Morgan fingerprint density at radius 1 is 1.71 bits per heavy atom. The summed E-state index contributed by atoms with van der Waals surface area (Å²) >= 11 is 5.60. The van der Waals surface area contributed by atoms with Gasteiger partial charge in [0.2, 0.25) is 0 Å². The van der Waals surface area contributed by atoms with Crippen molar-refractivity contribution in [2.45, 2.75) is 25.8 Å². The molecule has 1 unspecified atom stereocenters. The quantitative estimate of drug-likeness (QED) is 0.778. The maximum Gasteiger partial charge on any atom is 0.251 e. The molecule has 1 rings (SSSR count). The van der Waals surface area contributed by atoms with E-state index in [0.29, 0.717) is 18.1 Å². The normalized spacial score (nSPS) is 12.8. The largest absolute Gasteiger partial charge is 0.371 e. The average Bonchev–Trinajstić information content (AvgIpc) is 2.17. The molecule has 5 heteroatoms. The van der Waals surface area contributed by atoms with Crippen molar-refractivity contribution in [1.29, 1.82) is 0 Å². The van der Waals surface area contributed by atoms with E-state index in [1.54, 1.807) is 0 Å². The Hall–Kier alpha value is -0.870. The molecule has 4 nitrogen and oxygen atoms in total. The number of nitrogens with one attached hydrogen (secondary N) is 1. The third-order valence-electron chi connectivity index (χ3n) is 1.75. The van der Waals surface area contributed by atoms with Crippen LogP contribution in [0.4, 0.5) is 0 Å². The number of aromatic nitrogens is 2. The summed E-state index contributed by atoms with van der Waals surface area (Å²) in [4.78, 5) is 17.9. The SMILES string of the molecule is CCOC(C)c1nc(CCl)cc(=O)[nH]1. The number of aromatic amines is 1. The van der Waals surface area contributed by atoms with Crippen molar-refractivity contribution >= 4 is 11.6 Å². The molecular formula is C9H13ClN2O2. The number of nitrogens with zero attached hydrogens (tertiary/aromatic N) is 1. The van der Waals surface area contributed by atoms with E-state index in [0.717, 1.165) is 0 Å². The van der Waals surface area contributed by atoms with Crippen molar-refractivity contribution in [2.24, 2.45) is 0 Å². The molecule has 0 amide bonds. The van der Waals surface area contributed by atoms with Crippen molar-refractivity contribution in [3.8, 4) is 0 Å². The lowest BCUT2D eigenvalue weighted by atomic mass is 10.3. The van der Waals surface area contributed by atoms with Crippen molar-refractivity contribution in [2.75, 3.05) is 6.61 Å². The number of rotatable bonds is 4.